The Morgan fingerprint density at radius 1 is 1.08 bits per heavy atom. The summed E-state index contributed by atoms with van der Waals surface area (Å²) in [6, 6.07) is 14.0. The molecule has 0 aromatic heterocycles. The number of nitrogens with zero attached hydrogens (tertiary/aromatic N) is 1. The zero-order valence-electron chi connectivity index (χ0n) is 14.2. The van der Waals surface area contributed by atoms with E-state index >= 15 is 0 Å². The molecule has 1 N–H and O–H groups in total. The van der Waals surface area contributed by atoms with Gasteiger partial charge < -0.3 is 10.2 Å². The molecule has 124 valence electrons. The van der Waals surface area contributed by atoms with Gasteiger partial charge in [0.15, 0.2) is 0 Å². The first-order chi connectivity index (χ1) is 11.8. The average molecular weight is 337 g/mol. The molecule has 0 bridgehead atoms. The van der Waals surface area contributed by atoms with Gasteiger partial charge in [0.1, 0.15) is 0 Å². The summed E-state index contributed by atoms with van der Waals surface area (Å²) in [5.41, 5.74) is 7.53. The Balaban J connectivity index is 1.64. The number of anilines is 1. The van der Waals surface area contributed by atoms with Gasteiger partial charge in [0.25, 0.3) is 0 Å². The summed E-state index contributed by atoms with van der Waals surface area (Å²) < 4.78 is 0. The van der Waals surface area contributed by atoms with Crippen molar-refractivity contribution in [2.45, 2.75) is 23.7 Å². The highest BCUT2D eigenvalue weighted by atomic mass is 32.2. The van der Waals surface area contributed by atoms with Gasteiger partial charge in [-0.25, -0.2) is 0 Å². The number of hydrogen-bond acceptors (Lipinski definition) is 3. The van der Waals surface area contributed by atoms with E-state index in [2.05, 4.69) is 52.9 Å². The van der Waals surface area contributed by atoms with E-state index in [0.29, 0.717) is 5.92 Å². The van der Waals surface area contributed by atoms with E-state index in [4.69, 9.17) is 0 Å². The van der Waals surface area contributed by atoms with Crippen molar-refractivity contribution in [3.63, 3.8) is 0 Å². The van der Waals surface area contributed by atoms with Crippen LogP contribution < -0.4 is 10.2 Å². The Morgan fingerprint density at radius 2 is 1.96 bits per heavy atom. The van der Waals surface area contributed by atoms with Crippen LogP contribution in [0.3, 0.4) is 0 Å². The Morgan fingerprint density at radius 3 is 2.79 bits per heavy atom. The van der Waals surface area contributed by atoms with Crippen molar-refractivity contribution in [1.29, 1.82) is 0 Å². The minimum atomic E-state index is 0.707. The van der Waals surface area contributed by atoms with Crippen molar-refractivity contribution in [2.24, 2.45) is 5.92 Å². The monoisotopic (exact) mass is 336 g/mol. The van der Waals surface area contributed by atoms with Crippen molar-refractivity contribution in [3.8, 4) is 11.1 Å². The van der Waals surface area contributed by atoms with Crippen LogP contribution in [-0.2, 0) is 6.42 Å². The van der Waals surface area contributed by atoms with E-state index in [9.17, 15) is 0 Å². The largest absolute Gasteiger partial charge is 0.371 e. The molecule has 2 aromatic rings. The number of thioether (sulfide) groups is 1. The summed E-state index contributed by atoms with van der Waals surface area (Å²) in [7, 11) is 0. The van der Waals surface area contributed by atoms with Gasteiger partial charge in [-0.2, -0.15) is 0 Å². The topological polar surface area (TPSA) is 15.3 Å². The molecule has 24 heavy (non-hydrogen) atoms. The normalized spacial score (nSPS) is 24.6. The second kappa shape index (κ2) is 5.82. The fourth-order valence-electron chi connectivity index (χ4n) is 4.85. The smallest absolute Gasteiger partial charge is 0.0435 e. The number of nitrogens with one attached hydrogen (secondary N) is 1. The van der Waals surface area contributed by atoms with Crippen molar-refractivity contribution in [1.82, 2.24) is 5.32 Å². The summed E-state index contributed by atoms with van der Waals surface area (Å²) in [4.78, 5) is 4.01. The second-order valence-electron chi connectivity index (χ2n) is 7.38. The number of fused-ring (bicyclic) bond motifs is 2. The Bertz CT molecular complexity index is 768. The third-order valence-electron chi connectivity index (χ3n) is 6.03. The first-order valence-corrected chi connectivity index (χ1v) is 10.3. The molecule has 0 amide bonds. The molecule has 0 radical (unpaired) electrons. The Hall–Kier alpha value is -1.45. The maximum absolute atomic E-state index is 3.63. The Labute approximate surface area is 148 Å². The molecule has 2 aromatic carbocycles. The van der Waals surface area contributed by atoms with Crippen LogP contribution in [0.15, 0.2) is 41.3 Å². The lowest BCUT2D eigenvalue weighted by molar-refractivity contribution is 0.470. The second-order valence-corrected chi connectivity index (χ2v) is 8.26. The van der Waals surface area contributed by atoms with Crippen LogP contribution in [0, 0.1) is 5.92 Å². The molecular formula is C21H24N2S. The number of benzene rings is 2. The first kappa shape index (κ1) is 14.9. The molecule has 1 saturated heterocycles. The van der Waals surface area contributed by atoms with Crippen LogP contribution in [-0.4, -0.2) is 32.4 Å². The lowest BCUT2D eigenvalue weighted by Gasteiger charge is -2.42. The zero-order chi connectivity index (χ0) is 16.1. The van der Waals surface area contributed by atoms with Gasteiger partial charge in [-0.1, -0.05) is 12.1 Å². The fraction of sp³-hybridized carbons (Fsp3) is 0.429. The van der Waals surface area contributed by atoms with Gasteiger partial charge in [-0.05, 0) is 71.5 Å². The minimum Gasteiger partial charge on any atom is -0.371 e. The molecular weight excluding hydrogens is 312 g/mol. The molecule has 0 spiro atoms. The molecule has 1 fully saturated rings. The molecule has 0 aliphatic carbocycles. The maximum atomic E-state index is 3.63. The van der Waals surface area contributed by atoms with Crippen LogP contribution in [0.25, 0.3) is 11.1 Å². The van der Waals surface area contributed by atoms with Gasteiger partial charge in [-0.3, -0.25) is 0 Å². The van der Waals surface area contributed by atoms with Gasteiger partial charge in [0, 0.05) is 42.7 Å². The van der Waals surface area contributed by atoms with E-state index in [1.807, 2.05) is 11.8 Å². The summed E-state index contributed by atoms with van der Waals surface area (Å²) in [6.07, 6.45) is 4.67. The standard InChI is InChI=1S/C21H24N2S/c1-24-18-6-4-14(5-7-18)16-9-15-3-2-8-23-13-17-11-22-12-20(17)19(10-16)21(15)23/h4-7,9-10,17,20,22H,2-3,8,11-13H2,1H3/t17-,20-/m0/s1. The van der Waals surface area contributed by atoms with Gasteiger partial charge in [0.2, 0.25) is 0 Å². The highest BCUT2D eigenvalue weighted by Gasteiger charge is 2.38. The molecule has 5 rings (SSSR count). The van der Waals surface area contributed by atoms with Gasteiger partial charge in [-0.15, -0.1) is 11.8 Å². The quantitative estimate of drug-likeness (QED) is 0.830. The molecule has 2 nitrogen and oxygen atoms in total. The van der Waals surface area contributed by atoms with Crippen LogP contribution >= 0.6 is 11.8 Å². The number of aryl methyl sites for hydroxylation is 1. The molecule has 3 heteroatoms. The number of rotatable bonds is 2. The SMILES string of the molecule is CSc1ccc(-c2cc3c4c(c2)[C@H]2CNC[C@H]2CN4CCC3)cc1. The maximum Gasteiger partial charge on any atom is 0.0435 e. The van der Waals surface area contributed by atoms with Crippen LogP contribution in [0.5, 0.6) is 0 Å². The lowest BCUT2D eigenvalue weighted by atomic mass is 9.79. The fourth-order valence-corrected chi connectivity index (χ4v) is 5.26. The average Bonchev–Trinajstić information content (AvgIpc) is 3.10. The van der Waals surface area contributed by atoms with Crippen LogP contribution in [0.1, 0.15) is 23.5 Å². The van der Waals surface area contributed by atoms with E-state index < -0.39 is 0 Å². The van der Waals surface area contributed by atoms with E-state index in [0.717, 1.165) is 12.5 Å². The lowest BCUT2D eigenvalue weighted by Crippen LogP contribution is -2.40. The minimum absolute atomic E-state index is 0.707. The summed E-state index contributed by atoms with van der Waals surface area (Å²) in [5, 5.41) is 3.63. The van der Waals surface area contributed by atoms with Crippen LogP contribution in [0.2, 0.25) is 0 Å². The van der Waals surface area contributed by atoms with E-state index in [1.54, 1.807) is 16.8 Å². The van der Waals surface area contributed by atoms with Crippen LogP contribution in [0.4, 0.5) is 5.69 Å². The van der Waals surface area contributed by atoms with Crippen molar-refractivity contribution in [3.05, 3.63) is 47.5 Å². The Kier molecular flexibility index (Phi) is 3.60. The van der Waals surface area contributed by atoms with E-state index in [-0.39, 0.29) is 0 Å². The summed E-state index contributed by atoms with van der Waals surface area (Å²) >= 11 is 1.81. The number of hydrogen-bond donors (Lipinski definition) is 1. The molecule has 0 saturated carbocycles. The molecule has 3 aliphatic heterocycles. The van der Waals surface area contributed by atoms with Crippen molar-refractivity contribution >= 4 is 17.4 Å². The predicted molar refractivity (Wildman–Crippen MR) is 103 cm³/mol. The van der Waals surface area contributed by atoms with Gasteiger partial charge >= 0.3 is 0 Å². The molecule has 0 unspecified atom stereocenters. The molecule has 2 atom stereocenters. The van der Waals surface area contributed by atoms with Gasteiger partial charge in [0.05, 0.1) is 0 Å². The van der Waals surface area contributed by atoms with Crippen molar-refractivity contribution < 1.29 is 0 Å². The zero-order valence-corrected chi connectivity index (χ0v) is 15.0. The summed E-state index contributed by atoms with van der Waals surface area (Å²) in [5.74, 6) is 1.50. The highest BCUT2D eigenvalue weighted by molar-refractivity contribution is 7.98. The predicted octanol–water partition coefficient (Wildman–Crippen LogP) is 4.14. The molecule has 3 aliphatic rings. The molecule has 3 heterocycles. The third kappa shape index (κ3) is 2.29. The first-order valence-electron chi connectivity index (χ1n) is 9.10. The van der Waals surface area contributed by atoms with Crippen molar-refractivity contribution in [2.75, 3.05) is 37.3 Å². The summed E-state index contributed by atoms with van der Waals surface area (Å²) in [6.45, 7) is 4.83. The highest BCUT2D eigenvalue weighted by Crippen LogP contribution is 2.46. The third-order valence-corrected chi connectivity index (χ3v) is 6.77. The van der Waals surface area contributed by atoms with E-state index in [1.165, 1.54) is 48.5 Å².